The van der Waals surface area contributed by atoms with Crippen molar-refractivity contribution in [3.8, 4) is 21.8 Å². The fourth-order valence-electron chi connectivity index (χ4n) is 3.24. The first kappa shape index (κ1) is 22.7. The van der Waals surface area contributed by atoms with Gasteiger partial charge in [-0.1, -0.05) is 49.0 Å². The summed E-state index contributed by atoms with van der Waals surface area (Å²) in [7, 11) is 0. The highest BCUT2D eigenvalue weighted by Gasteiger charge is 2.19. The number of hydrogen-bond donors (Lipinski definition) is 2. The number of nitrogens with two attached hydrogens (primary N) is 1. The Morgan fingerprint density at radius 1 is 1.09 bits per heavy atom. The number of anilines is 1. The van der Waals surface area contributed by atoms with Crippen LogP contribution in [0, 0.1) is 0 Å². The van der Waals surface area contributed by atoms with E-state index in [1.54, 1.807) is 18.5 Å². The van der Waals surface area contributed by atoms with Crippen molar-refractivity contribution < 1.29 is 9.59 Å². The predicted molar refractivity (Wildman–Crippen MR) is 131 cm³/mol. The summed E-state index contributed by atoms with van der Waals surface area (Å²) < 4.78 is 2.00. The van der Waals surface area contributed by atoms with Crippen molar-refractivity contribution in [1.29, 1.82) is 0 Å². The zero-order valence-corrected chi connectivity index (χ0v) is 19.5. The Hall–Kier alpha value is -3.50. The van der Waals surface area contributed by atoms with Gasteiger partial charge in [-0.25, -0.2) is 0 Å². The third-order valence-electron chi connectivity index (χ3n) is 4.74. The molecule has 0 spiro atoms. The summed E-state index contributed by atoms with van der Waals surface area (Å²) in [4.78, 5) is 29.5. The van der Waals surface area contributed by atoms with Crippen LogP contribution in [0.2, 0.25) is 0 Å². The molecular weight excluding hydrogens is 456 g/mol. The molecule has 1 aromatic carbocycles. The van der Waals surface area contributed by atoms with E-state index in [-0.39, 0.29) is 11.7 Å². The van der Waals surface area contributed by atoms with Crippen molar-refractivity contribution >= 4 is 39.9 Å². The smallest absolute Gasteiger partial charge is 0.251 e. The molecule has 0 bridgehead atoms. The molecule has 0 atom stereocenters. The molecule has 0 aliphatic carbocycles. The second-order valence-electron chi connectivity index (χ2n) is 7.11. The van der Waals surface area contributed by atoms with Gasteiger partial charge in [0.15, 0.2) is 11.0 Å². The van der Waals surface area contributed by atoms with Gasteiger partial charge < -0.3 is 15.6 Å². The van der Waals surface area contributed by atoms with Gasteiger partial charge in [0.2, 0.25) is 5.91 Å². The fourth-order valence-corrected chi connectivity index (χ4v) is 5.09. The maximum Gasteiger partial charge on any atom is 0.251 e. The van der Waals surface area contributed by atoms with Gasteiger partial charge in [-0.2, -0.15) is 0 Å². The van der Waals surface area contributed by atoms with E-state index in [9.17, 15) is 9.59 Å². The van der Waals surface area contributed by atoms with Crippen molar-refractivity contribution in [3.63, 3.8) is 0 Å². The SMILES string of the molecule is CCCn1c(SCC(=O)Nc2sc(-c3ccccc3)cc2C(N)=O)nnc1-c1ccncc1. The number of aromatic nitrogens is 4. The second kappa shape index (κ2) is 10.4. The standard InChI is InChI=1S/C23H22N6O2S2/c1-2-12-29-21(16-8-10-25-11-9-16)27-28-23(29)32-14-19(30)26-22-17(20(24)31)13-18(33-22)15-6-4-3-5-7-15/h3-11,13H,2,12,14H2,1H3,(H2,24,31)(H,26,30). The number of pyridine rings is 1. The summed E-state index contributed by atoms with van der Waals surface area (Å²) in [5.74, 6) is 0.0278. The number of benzene rings is 1. The first-order valence-electron chi connectivity index (χ1n) is 10.3. The van der Waals surface area contributed by atoms with Gasteiger partial charge >= 0.3 is 0 Å². The number of primary amides is 1. The van der Waals surface area contributed by atoms with Gasteiger partial charge in [0, 0.05) is 29.4 Å². The van der Waals surface area contributed by atoms with Crippen LogP contribution >= 0.6 is 23.1 Å². The van der Waals surface area contributed by atoms with Crippen molar-refractivity contribution in [2.75, 3.05) is 11.1 Å². The molecule has 4 aromatic rings. The Labute approximate surface area is 199 Å². The normalized spacial score (nSPS) is 10.8. The maximum absolute atomic E-state index is 12.7. The zero-order chi connectivity index (χ0) is 23.2. The van der Waals surface area contributed by atoms with Gasteiger partial charge in [-0.3, -0.25) is 14.6 Å². The molecule has 0 fully saturated rings. The largest absolute Gasteiger partial charge is 0.366 e. The summed E-state index contributed by atoms with van der Waals surface area (Å²) in [6.45, 7) is 2.80. The molecule has 4 rings (SSSR count). The van der Waals surface area contributed by atoms with Gasteiger partial charge in [0.25, 0.3) is 5.91 Å². The molecule has 3 N–H and O–H groups in total. The molecule has 0 saturated carbocycles. The van der Waals surface area contributed by atoms with Gasteiger partial charge in [-0.05, 0) is 30.2 Å². The van der Waals surface area contributed by atoms with E-state index in [4.69, 9.17) is 5.73 Å². The number of thioether (sulfide) groups is 1. The van der Waals surface area contributed by atoms with E-state index in [2.05, 4.69) is 27.4 Å². The number of carbonyl (C=O) groups excluding carboxylic acids is 2. The highest BCUT2D eigenvalue weighted by molar-refractivity contribution is 7.99. The van der Waals surface area contributed by atoms with Gasteiger partial charge in [-0.15, -0.1) is 21.5 Å². The molecule has 10 heteroatoms. The summed E-state index contributed by atoms with van der Waals surface area (Å²) in [6.07, 6.45) is 4.32. The number of thiophene rings is 1. The van der Waals surface area contributed by atoms with Crippen LogP contribution in [0.25, 0.3) is 21.8 Å². The summed E-state index contributed by atoms with van der Waals surface area (Å²) >= 11 is 2.62. The lowest BCUT2D eigenvalue weighted by Gasteiger charge is -2.09. The van der Waals surface area contributed by atoms with Crippen LogP contribution in [0.15, 0.2) is 66.1 Å². The third kappa shape index (κ3) is 5.29. The van der Waals surface area contributed by atoms with Crippen LogP contribution in [-0.2, 0) is 11.3 Å². The number of hydrogen-bond acceptors (Lipinski definition) is 7. The number of carbonyl (C=O) groups is 2. The topological polar surface area (TPSA) is 116 Å². The number of nitrogens with one attached hydrogen (secondary N) is 1. The molecule has 3 aromatic heterocycles. The molecule has 33 heavy (non-hydrogen) atoms. The molecule has 3 heterocycles. The number of amides is 2. The number of rotatable bonds is 9. The van der Waals surface area contributed by atoms with Crippen LogP contribution < -0.4 is 11.1 Å². The zero-order valence-electron chi connectivity index (χ0n) is 17.9. The highest BCUT2D eigenvalue weighted by Crippen LogP contribution is 2.35. The van der Waals surface area contributed by atoms with Crippen LogP contribution in [-0.4, -0.2) is 37.3 Å². The van der Waals surface area contributed by atoms with Gasteiger partial charge in [0.05, 0.1) is 11.3 Å². The van der Waals surface area contributed by atoms with E-state index in [1.807, 2.05) is 47.0 Å². The lowest BCUT2D eigenvalue weighted by atomic mass is 10.1. The lowest BCUT2D eigenvalue weighted by Crippen LogP contribution is -2.18. The Bertz CT molecular complexity index is 1250. The summed E-state index contributed by atoms with van der Waals surface area (Å²) in [5, 5.41) is 12.5. The van der Waals surface area contributed by atoms with Crippen LogP contribution in [0.4, 0.5) is 5.00 Å². The molecule has 0 aliphatic heterocycles. The van der Waals surface area contributed by atoms with Crippen molar-refractivity contribution in [3.05, 3.63) is 66.5 Å². The predicted octanol–water partition coefficient (Wildman–Crippen LogP) is 4.31. The van der Waals surface area contributed by atoms with Crippen molar-refractivity contribution in [2.45, 2.75) is 25.0 Å². The average molecular weight is 479 g/mol. The molecule has 0 unspecified atom stereocenters. The van der Waals surface area contributed by atoms with Crippen LogP contribution in [0.5, 0.6) is 0 Å². The van der Waals surface area contributed by atoms with E-state index in [1.165, 1.54) is 23.1 Å². The van der Waals surface area contributed by atoms with Gasteiger partial charge in [0.1, 0.15) is 5.00 Å². The summed E-state index contributed by atoms with van der Waals surface area (Å²) in [6, 6.07) is 15.1. The molecule has 0 aliphatic rings. The van der Waals surface area contributed by atoms with Crippen LogP contribution in [0.1, 0.15) is 23.7 Å². The first-order chi connectivity index (χ1) is 16.1. The minimum absolute atomic E-state index is 0.120. The second-order valence-corrected chi connectivity index (χ2v) is 9.11. The van der Waals surface area contributed by atoms with E-state index >= 15 is 0 Å². The first-order valence-corrected chi connectivity index (χ1v) is 12.1. The lowest BCUT2D eigenvalue weighted by molar-refractivity contribution is -0.113. The van der Waals surface area contributed by atoms with Crippen LogP contribution in [0.3, 0.4) is 0 Å². The number of nitrogens with zero attached hydrogens (tertiary/aromatic N) is 4. The van der Waals surface area contributed by atoms with E-state index in [0.717, 1.165) is 34.8 Å². The Balaban J connectivity index is 1.49. The van der Waals surface area contributed by atoms with Crippen molar-refractivity contribution in [1.82, 2.24) is 19.7 Å². The molecule has 2 amide bonds. The molecular formula is C23H22N6O2S2. The third-order valence-corrected chi connectivity index (χ3v) is 6.81. The highest BCUT2D eigenvalue weighted by atomic mass is 32.2. The maximum atomic E-state index is 12.7. The quantitative estimate of drug-likeness (QED) is 0.346. The Kier molecular flexibility index (Phi) is 7.16. The van der Waals surface area contributed by atoms with E-state index < -0.39 is 5.91 Å². The summed E-state index contributed by atoms with van der Waals surface area (Å²) in [5.41, 5.74) is 7.71. The molecule has 0 radical (unpaired) electrons. The monoisotopic (exact) mass is 478 g/mol. The molecule has 8 nitrogen and oxygen atoms in total. The average Bonchev–Trinajstić information content (AvgIpc) is 3.43. The Morgan fingerprint density at radius 3 is 2.55 bits per heavy atom. The Morgan fingerprint density at radius 2 is 1.85 bits per heavy atom. The minimum Gasteiger partial charge on any atom is -0.366 e. The molecule has 168 valence electrons. The van der Waals surface area contributed by atoms with Crippen molar-refractivity contribution in [2.24, 2.45) is 5.73 Å². The molecule has 0 saturated heterocycles. The fraction of sp³-hybridized carbons (Fsp3) is 0.174. The van der Waals surface area contributed by atoms with E-state index in [0.29, 0.717) is 15.7 Å². The minimum atomic E-state index is -0.582.